The second kappa shape index (κ2) is 7.56. The van der Waals surface area contributed by atoms with Crippen molar-refractivity contribution >= 4 is 5.91 Å². The highest BCUT2D eigenvalue weighted by atomic mass is 16.5. The molecule has 2 aromatic rings. The van der Waals surface area contributed by atoms with Gasteiger partial charge in [0.05, 0.1) is 6.04 Å². The number of carbonyl (C=O) groups excluding carboxylic acids is 1. The summed E-state index contributed by atoms with van der Waals surface area (Å²) in [5, 5.41) is 4.25. The first kappa shape index (κ1) is 20.1. The molecular weight excluding hydrogens is 364 g/mol. The first-order valence-corrected chi connectivity index (χ1v) is 10.7. The Morgan fingerprint density at radius 2 is 1.83 bits per heavy atom. The molecule has 0 radical (unpaired) electrons. The predicted molar refractivity (Wildman–Crippen MR) is 112 cm³/mol. The van der Waals surface area contributed by atoms with Crippen LogP contribution in [0, 0.1) is 19.3 Å². The summed E-state index contributed by atoms with van der Waals surface area (Å²) in [4.78, 5) is 22.0. The van der Waals surface area contributed by atoms with Crippen molar-refractivity contribution in [2.75, 3.05) is 26.7 Å². The van der Waals surface area contributed by atoms with Crippen LogP contribution in [0.15, 0.2) is 22.7 Å². The Bertz CT molecular complexity index is 876. The maximum absolute atomic E-state index is 13.0. The van der Waals surface area contributed by atoms with Crippen LogP contribution in [0.1, 0.15) is 78.3 Å². The highest BCUT2D eigenvalue weighted by molar-refractivity contribution is 5.94. The molecule has 3 heterocycles. The minimum atomic E-state index is 0.161. The van der Waals surface area contributed by atoms with Crippen molar-refractivity contribution in [3.8, 4) is 0 Å². The van der Waals surface area contributed by atoms with Crippen LogP contribution in [0.3, 0.4) is 0 Å². The van der Waals surface area contributed by atoms with Gasteiger partial charge in [0.15, 0.2) is 5.82 Å². The molecule has 2 aliphatic rings. The molecule has 1 aromatic carbocycles. The lowest BCUT2D eigenvalue weighted by Gasteiger charge is -2.39. The fourth-order valence-corrected chi connectivity index (χ4v) is 5.00. The summed E-state index contributed by atoms with van der Waals surface area (Å²) in [5.74, 6) is 1.93. The summed E-state index contributed by atoms with van der Waals surface area (Å²) in [5.41, 5.74) is 3.33. The van der Waals surface area contributed by atoms with Crippen LogP contribution in [0.4, 0.5) is 0 Å². The van der Waals surface area contributed by atoms with E-state index in [0.29, 0.717) is 5.89 Å². The highest BCUT2D eigenvalue weighted by Gasteiger charge is 2.46. The van der Waals surface area contributed by atoms with E-state index in [2.05, 4.69) is 42.0 Å². The third kappa shape index (κ3) is 3.95. The average molecular weight is 397 g/mol. The summed E-state index contributed by atoms with van der Waals surface area (Å²) < 4.78 is 5.44. The highest BCUT2D eigenvalue weighted by Crippen LogP contribution is 2.47. The lowest BCUT2D eigenvalue weighted by atomic mass is 9.76. The smallest absolute Gasteiger partial charge is 0.253 e. The van der Waals surface area contributed by atoms with Crippen molar-refractivity contribution in [3.05, 3.63) is 46.6 Å². The van der Waals surface area contributed by atoms with Gasteiger partial charge in [-0.15, -0.1) is 0 Å². The molecule has 0 saturated carbocycles. The molecule has 1 spiro atoms. The minimum Gasteiger partial charge on any atom is -0.339 e. The Balaban J connectivity index is 1.42. The molecule has 29 heavy (non-hydrogen) atoms. The van der Waals surface area contributed by atoms with E-state index in [9.17, 15) is 4.79 Å². The second-order valence-corrected chi connectivity index (χ2v) is 9.45. The summed E-state index contributed by atoms with van der Waals surface area (Å²) in [6.07, 6.45) is 3.09. The molecule has 0 bridgehead atoms. The van der Waals surface area contributed by atoms with Crippen molar-refractivity contribution in [1.82, 2.24) is 19.9 Å². The molecule has 4 rings (SSSR count). The van der Waals surface area contributed by atoms with Gasteiger partial charge in [-0.05, 0) is 57.7 Å². The Hall–Kier alpha value is -2.21. The number of rotatable bonds is 3. The largest absolute Gasteiger partial charge is 0.339 e. The van der Waals surface area contributed by atoms with E-state index in [0.717, 1.165) is 61.4 Å². The molecule has 6 nitrogen and oxygen atoms in total. The number of hydrogen-bond donors (Lipinski definition) is 0. The number of aromatic nitrogens is 2. The number of piperidine rings is 1. The number of nitrogens with zero attached hydrogens (tertiary/aromatic N) is 4. The van der Waals surface area contributed by atoms with E-state index in [4.69, 9.17) is 4.52 Å². The van der Waals surface area contributed by atoms with E-state index in [1.807, 2.05) is 30.9 Å². The Morgan fingerprint density at radius 3 is 2.41 bits per heavy atom. The van der Waals surface area contributed by atoms with Gasteiger partial charge in [-0.1, -0.05) is 36.2 Å². The van der Waals surface area contributed by atoms with E-state index >= 15 is 0 Å². The monoisotopic (exact) mass is 396 g/mol. The van der Waals surface area contributed by atoms with Gasteiger partial charge in [0.2, 0.25) is 5.89 Å². The molecule has 0 N–H and O–H groups in total. The minimum absolute atomic E-state index is 0.161. The number of benzene rings is 1. The van der Waals surface area contributed by atoms with E-state index in [1.165, 1.54) is 0 Å². The molecule has 1 atom stereocenters. The predicted octanol–water partition coefficient (Wildman–Crippen LogP) is 4.11. The maximum atomic E-state index is 13.0. The Morgan fingerprint density at radius 1 is 1.17 bits per heavy atom. The first-order chi connectivity index (χ1) is 13.8. The number of hydrogen-bond acceptors (Lipinski definition) is 5. The van der Waals surface area contributed by atoms with Gasteiger partial charge in [-0.25, -0.2) is 0 Å². The molecule has 2 saturated heterocycles. The molecule has 1 unspecified atom stereocenters. The number of aryl methyl sites for hydroxylation is 2. The summed E-state index contributed by atoms with van der Waals surface area (Å²) >= 11 is 0. The zero-order chi connectivity index (χ0) is 20.8. The standard InChI is InChI=1S/C23H32N4O2/c1-15(2)21-24-20(25-29-21)19-13-23(14-26(19)5)6-8-27(9-7-23)22(28)18-11-16(3)10-17(4)12-18/h10-12,15,19H,6-9,13-14H2,1-5H3. The van der Waals surface area contributed by atoms with Crippen LogP contribution in [-0.2, 0) is 0 Å². The maximum Gasteiger partial charge on any atom is 0.253 e. The molecule has 6 heteroatoms. The van der Waals surface area contributed by atoms with Crippen LogP contribution in [0.5, 0.6) is 0 Å². The van der Waals surface area contributed by atoms with Crippen LogP contribution in [0.2, 0.25) is 0 Å². The van der Waals surface area contributed by atoms with Gasteiger partial charge in [-0.3, -0.25) is 9.69 Å². The molecule has 2 fully saturated rings. The van der Waals surface area contributed by atoms with Gasteiger partial charge in [0.1, 0.15) is 0 Å². The molecule has 1 aromatic heterocycles. The van der Waals surface area contributed by atoms with E-state index in [-0.39, 0.29) is 23.3 Å². The lowest BCUT2D eigenvalue weighted by molar-refractivity contribution is 0.0593. The lowest BCUT2D eigenvalue weighted by Crippen LogP contribution is -2.44. The second-order valence-electron chi connectivity index (χ2n) is 9.45. The van der Waals surface area contributed by atoms with E-state index < -0.39 is 0 Å². The van der Waals surface area contributed by atoms with Crippen molar-refractivity contribution < 1.29 is 9.32 Å². The fraction of sp³-hybridized carbons (Fsp3) is 0.609. The quantitative estimate of drug-likeness (QED) is 0.781. The SMILES string of the molecule is Cc1cc(C)cc(C(=O)N2CCC3(CC2)CC(c2noc(C(C)C)n2)N(C)C3)c1. The Labute approximate surface area is 173 Å². The average Bonchev–Trinajstić information content (AvgIpc) is 3.26. The number of likely N-dealkylation sites (tertiary alicyclic amines) is 2. The topological polar surface area (TPSA) is 62.5 Å². The van der Waals surface area contributed by atoms with Crippen LogP contribution < -0.4 is 0 Å². The van der Waals surface area contributed by atoms with Gasteiger partial charge in [0, 0.05) is 31.1 Å². The van der Waals surface area contributed by atoms with Gasteiger partial charge < -0.3 is 9.42 Å². The van der Waals surface area contributed by atoms with Crippen molar-refractivity contribution in [2.24, 2.45) is 5.41 Å². The number of carbonyl (C=O) groups is 1. The molecule has 156 valence electrons. The van der Waals surface area contributed by atoms with Gasteiger partial charge in [0.25, 0.3) is 5.91 Å². The summed E-state index contributed by atoms with van der Waals surface area (Å²) in [7, 11) is 2.15. The molecule has 2 aliphatic heterocycles. The van der Waals surface area contributed by atoms with Gasteiger partial charge >= 0.3 is 0 Å². The zero-order valence-corrected chi connectivity index (χ0v) is 18.2. The summed E-state index contributed by atoms with van der Waals surface area (Å²) in [6.45, 7) is 10.9. The van der Waals surface area contributed by atoms with Crippen LogP contribution >= 0.6 is 0 Å². The summed E-state index contributed by atoms with van der Waals surface area (Å²) in [6, 6.07) is 6.32. The number of amides is 1. The fourth-order valence-electron chi connectivity index (χ4n) is 5.00. The van der Waals surface area contributed by atoms with Gasteiger partial charge in [-0.2, -0.15) is 4.98 Å². The Kier molecular flexibility index (Phi) is 5.23. The van der Waals surface area contributed by atoms with Crippen molar-refractivity contribution in [2.45, 2.75) is 58.9 Å². The van der Waals surface area contributed by atoms with Crippen molar-refractivity contribution in [3.63, 3.8) is 0 Å². The third-order valence-corrected chi connectivity index (χ3v) is 6.57. The molecule has 1 amide bonds. The third-order valence-electron chi connectivity index (χ3n) is 6.57. The first-order valence-electron chi connectivity index (χ1n) is 10.7. The normalized spacial score (nSPS) is 22.0. The molecule has 0 aliphatic carbocycles. The molecular formula is C23H32N4O2. The van der Waals surface area contributed by atoms with E-state index in [1.54, 1.807) is 0 Å². The van der Waals surface area contributed by atoms with Crippen LogP contribution in [-0.4, -0.2) is 52.5 Å². The zero-order valence-electron chi connectivity index (χ0n) is 18.2. The van der Waals surface area contributed by atoms with Crippen molar-refractivity contribution in [1.29, 1.82) is 0 Å². The van der Waals surface area contributed by atoms with Crippen LogP contribution in [0.25, 0.3) is 0 Å².